The predicted molar refractivity (Wildman–Crippen MR) is 282 cm³/mol. The fourth-order valence-electron chi connectivity index (χ4n) is 9.07. The van der Waals surface area contributed by atoms with Crippen LogP contribution in [0.5, 0.6) is 46.0 Å². The van der Waals surface area contributed by atoms with Crippen molar-refractivity contribution in [2.75, 3.05) is 70.1 Å². The van der Waals surface area contributed by atoms with Crippen molar-refractivity contribution in [3.8, 4) is 68.2 Å². The van der Waals surface area contributed by atoms with E-state index < -0.39 is 26.8 Å². The Morgan fingerprint density at radius 3 is 1.23 bits per heavy atom. The van der Waals surface area contributed by atoms with Crippen LogP contribution in [0.3, 0.4) is 0 Å². The molecule has 4 aromatic carbocycles. The first-order valence-electron chi connectivity index (χ1n) is 24.8. The predicted octanol–water partition coefficient (Wildman–Crippen LogP) is 3.15. The molecule has 0 aliphatic heterocycles. The van der Waals surface area contributed by atoms with Crippen molar-refractivity contribution in [3.05, 3.63) is 70.8 Å². The van der Waals surface area contributed by atoms with Crippen LogP contribution in [0.1, 0.15) is 114 Å². The molecule has 2 aliphatic rings. The van der Waals surface area contributed by atoms with Crippen molar-refractivity contribution in [1.29, 1.82) is 0 Å². The van der Waals surface area contributed by atoms with E-state index in [4.69, 9.17) is 51.5 Å². The van der Waals surface area contributed by atoms with Gasteiger partial charge in [0.25, 0.3) is 0 Å². The second-order valence-corrected chi connectivity index (χ2v) is 22.4. The number of methoxy groups -OCH3 is 8. The van der Waals surface area contributed by atoms with E-state index in [1.54, 1.807) is 98.4 Å². The minimum absolute atomic E-state index is 0. The number of fused-ring (bicyclic) bond motifs is 6. The number of phosphoric acid groups is 2. The normalized spacial score (nSPS) is 14.7. The molecule has 0 saturated heterocycles. The van der Waals surface area contributed by atoms with Gasteiger partial charge in [-0.15, -0.1) is 0 Å². The molecule has 2 N–H and O–H groups in total. The van der Waals surface area contributed by atoms with Gasteiger partial charge in [-0.25, -0.2) is 4.57 Å². The standard InChI is InChI=1S/C31H46NO9P.C23H30NO9P.2Na/c1-30(2,3)40-42(34,41-31(4,5)6)39-17-11-12-26(33)32-24-16-13-20-18-25(36-8)28(37-9)29(38-10)27(20)22-15-14-21(35-7)19-23(22)24;1-29-15-8-9-16-17(13-15)18(24-20(25)6-5-11-33-34(26,27)28)10-7-14-12-19(30-2)22(31-3)23(32-4)21(14)16;;/h14-15,18-19,24H,11-13,16-17H2,1-10H3,(H,32,33);8-9,12-13,18H,5-7,10-11H2,1-4H3,(H,24,25)(H2,26,27,28);;/q;;2*+1/p-2/t24-;18-;;/m00../s1. The third kappa shape index (κ3) is 18.7. The first-order valence-corrected chi connectivity index (χ1v) is 27.7. The average Bonchev–Trinajstić information content (AvgIpc) is 3.60. The Hall–Kier alpha value is -3.56. The summed E-state index contributed by atoms with van der Waals surface area (Å²) in [6.45, 7) is 10.4. The van der Waals surface area contributed by atoms with Gasteiger partial charge in [-0.2, -0.15) is 0 Å². The minimum Gasteiger partial charge on any atom is -0.790 e. The van der Waals surface area contributed by atoms with Gasteiger partial charge in [-0.05, 0) is 150 Å². The second-order valence-electron chi connectivity index (χ2n) is 19.8. The number of benzene rings is 4. The average molecular weight is 1150 g/mol. The van der Waals surface area contributed by atoms with Crippen molar-refractivity contribution >= 4 is 27.5 Å². The third-order valence-electron chi connectivity index (χ3n) is 12.1. The third-order valence-corrected chi connectivity index (χ3v) is 14.6. The second kappa shape index (κ2) is 30.5. The largest absolute Gasteiger partial charge is 1.00 e. The maximum atomic E-state index is 13.3. The zero-order valence-electron chi connectivity index (χ0n) is 48.1. The molecule has 0 bridgehead atoms. The zero-order chi connectivity index (χ0) is 56.2. The molecule has 2 amide bonds. The number of carbonyl (C=O) groups is 2. The Labute approximate surface area is 503 Å². The molecule has 420 valence electrons. The fraction of sp³-hybridized carbons (Fsp3) is 0.519. The number of phosphoric ester groups is 2. The minimum atomic E-state index is -5.05. The van der Waals surface area contributed by atoms with Crippen LogP contribution >= 0.6 is 15.6 Å². The molecule has 78 heavy (non-hydrogen) atoms. The van der Waals surface area contributed by atoms with Crippen LogP contribution in [0.15, 0.2) is 48.5 Å². The van der Waals surface area contributed by atoms with E-state index in [2.05, 4.69) is 15.2 Å². The van der Waals surface area contributed by atoms with Crippen LogP contribution in [0.4, 0.5) is 0 Å². The summed E-state index contributed by atoms with van der Waals surface area (Å²) in [6.07, 6.45) is 3.11. The van der Waals surface area contributed by atoms with E-state index in [0.29, 0.717) is 78.1 Å². The molecule has 0 aromatic heterocycles. The van der Waals surface area contributed by atoms with Crippen LogP contribution in [-0.2, 0) is 49.7 Å². The molecule has 24 heteroatoms. The molecule has 4 aromatic rings. The number of hydrogen-bond donors (Lipinski definition) is 2. The van der Waals surface area contributed by atoms with Crippen molar-refractivity contribution in [2.24, 2.45) is 0 Å². The Balaban J connectivity index is 0.000000408. The number of aryl methyl sites for hydroxylation is 2. The van der Waals surface area contributed by atoms with Crippen molar-refractivity contribution in [2.45, 2.75) is 116 Å². The van der Waals surface area contributed by atoms with Gasteiger partial charge in [-0.3, -0.25) is 23.2 Å². The molecule has 0 unspecified atom stereocenters. The summed E-state index contributed by atoms with van der Waals surface area (Å²) in [5, 5.41) is 6.20. The van der Waals surface area contributed by atoms with Gasteiger partial charge in [-0.1, -0.05) is 12.1 Å². The molecular weight excluding hydrogens is 1070 g/mol. The summed E-state index contributed by atoms with van der Waals surface area (Å²) in [5.74, 6) is 4.07. The van der Waals surface area contributed by atoms with E-state index in [0.717, 1.165) is 44.5 Å². The molecule has 0 saturated carbocycles. The fourth-order valence-corrected chi connectivity index (χ4v) is 11.3. The quantitative estimate of drug-likeness (QED) is 0.0652. The van der Waals surface area contributed by atoms with E-state index in [1.807, 2.05) is 48.5 Å². The number of nitrogens with one attached hydrogen (secondary N) is 2. The maximum Gasteiger partial charge on any atom is 1.00 e. The Bertz CT molecular complexity index is 2740. The summed E-state index contributed by atoms with van der Waals surface area (Å²) in [6, 6.07) is 14.7. The van der Waals surface area contributed by atoms with E-state index >= 15 is 0 Å². The van der Waals surface area contributed by atoms with E-state index in [9.17, 15) is 28.5 Å². The van der Waals surface area contributed by atoms with Gasteiger partial charge in [0.2, 0.25) is 23.3 Å². The molecule has 0 radical (unpaired) electrons. The van der Waals surface area contributed by atoms with Crippen LogP contribution < -0.4 is 117 Å². The summed E-state index contributed by atoms with van der Waals surface area (Å²) < 4.78 is 89.9. The number of carbonyl (C=O) groups excluding carboxylic acids is 2. The molecule has 20 nitrogen and oxygen atoms in total. The van der Waals surface area contributed by atoms with Gasteiger partial charge in [0.15, 0.2) is 23.0 Å². The maximum absolute atomic E-state index is 13.3. The van der Waals surface area contributed by atoms with Crippen molar-refractivity contribution < 1.29 is 144 Å². The molecular formula is C54H74N2Na2O18P2. The first kappa shape index (κ1) is 68.7. The molecule has 2 aliphatic carbocycles. The Morgan fingerprint density at radius 1 is 0.538 bits per heavy atom. The van der Waals surface area contributed by atoms with Gasteiger partial charge in [0.1, 0.15) is 11.5 Å². The monoisotopic (exact) mass is 1150 g/mol. The number of hydrogen-bond acceptors (Lipinski definition) is 18. The van der Waals surface area contributed by atoms with Crippen molar-refractivity contribution in [1.82, 2.24) is 10.6 Å². The summed E-state index contributed by atoms with van der Waals surface area (Å²) >= 11 is 0. The Kier molecular flexibility index (Phi) is 26.9. The Morgan fingerprint density at radius 2 is 0.910 bits per heavy atom. The first-order chi connectivity index (χ1) is 35.8. The number of rotatable bonds is 22. The van der Waals surface area contributed by atoms with Crippen LogP contribution in [0, 0.1) is 0 Å². The van der Waals surface area contributed by atoms with E-state index in [1.165, 1.54) is 0 Å². The van der Waals surface area contributed by atoms with Gasteiger partial charge in [0, 0.05) is 24.0 Å². The van der Waals surface area contributed by atoms with Gasteiger partial charge in [0.05, 0.1) is 101 Å². The zero-order valence-corrected chi connectivity index (χ0v) is 53.9. The van der Waals surface area contributed by atoms with Gasteiger partial charge < -0.3 is 67.4 Å². The van der Waals surface area contributed by atoms with Gasteiger partial charge >= 0.3 is 66.9 Å². The summed E-state index contributed by atoms with van der Waals surface area (Å²) in [4.78, 5) is 47.0. The summed E-state index contributed by atoms with van der Waals surface area (Å²) in [7, 11) is 3.72. The summed E-state index contributed by atoms with van der Waals surface area (Å²) in [5.41, 5.74) is 5.80. The molecule has 6 rings (SSSR count). The number of ether oxygens (including phenoxy) is 8. The van der Waals surface area contributed by atoms with Crippen LogP contribution in [-0.4, -0.2) is 93.1 Å². The SMILES string of the molecule is COc1ccc2c(c1)[C@@H](NC(=O)CCCOP(=O)(OC(C)(C)C)OC(C)(C)C)CCc1cc(OC)c(OC)c(OC)c1-2.COc1ccc2c(c1)[C@@H](NC(=O)CCCOP(=O)([O-])[O-])CCc1cc(OC)c(OC)c(OC)c1-2.[Na+].[Na+]. The smallest absolute Gasteiger partial charge is 0.790 e. The molecule has 0 fully saturated rings. The molecule has 2 atom stereocenters. The van der Waals surface area contributed by atoms with E-state index in [-0.39, 0.29) is 115 Å². The molecule has 0 spiro atoms. The molecule has 0 heterocycles. The number of amides is 2. The topological polar surface area (TPSA) is 249 Å². The van der Waals surface area contributed by atoms with Crippen LogP contribution in [0.25, 0.3) is 22.3 Å². The van der Waals surface area contributed by atoms with Crippen molar-refractivity contribution in [3.63, 3.8) is 0 Å². The van der Waals surface area contributed by atoms with Crippen LogP contribution in [0.2, 0.25) is 0 Å².